The van der Waals surface area contributed by atoms with Crippen molar-refractivity contribution in [2.24, 2.45) is 0 Å². The van der Waals surface area contributed by atoms with Crippen LogP contribution in [0.2, 0.25) is 0 Å². The Balaban J connectivity index is 1.66. The predicted octanol–water partition coefficient (Wildman–Crippen LogP) is 5.37. The Kier molecular flexibility index (Phi) is 5.67. The van der Waals surface area contributed by atoms with Gasteiger partial charge in [-0.2, -0.15) is 0 Å². The lowest BCUT2D eigenvalue weighted by Crippen LogP contribution is -2.22. The Morgan fingerprint density at radius 1 is 0.967 bits per heavy atom. The Bertz CT molecular complexity index is 1190. The molecular weight excluding hydrogens is 392 g/mol. The summed E-state index contributed by atoms with van der Waals surface area (Å²) < 4.78 is 29.0. The van der Waals surface area contributed by atoms with E-state index < -0.39 is 10.0 Å². The van der Waals surface area contributed by atoms with Gasteiger partial charge in [-0.3, -0.25) is 4.72 Å². The Hall–Kier alpha value is -2.63. The fourth-order valence-corrected chi connectivity index (χ4v) is 5.37. The average Bonchev–Trinajstić information content (AvgIpc) is 2.75. The molecule has 5 heteroatoms. The topological polar surface area (TPSA) is 58.2 Å². The maximum absolute atomic E-state index is 13.1. The molecule has 4 rings (SSSR count). The molecule has 0 saturated carbocycles. The minimum atomic E-state index is -3.69. The summed E-state index contributed by atoms with van der Waals surface area (Å²) in [6.07, 6.45) is 3.25. The Labute approximate surface area is 179 Å². The molecule has 0 fully saturated rings. The minimum absolute atomic E-state index is 0.267. The normalized spacial score (nSPS) is 16.2. The fourth-order valence-electron chi connectivity index (χ4n) is 4.27. The van der Waals surface area contributed by atoms with Crippen LogP contribution in [0.3, 0.4) is 0 Å². The zero-order valence-corrected chi connectivity index (χ0v) is 18.5. The molecule has 2 N–H and O–H groups in total. The standard InChI is InChI=1S/C25H28N2O2S/c1-17-7-4-11-23(18(17)2)20-9-5-10-22(15-20)30(28,29)27-21-14-13-19-8-6-12-25(26-3)24(19)16-21/h4-5,7,9-11,13-16,25-27H,6,8,12H2,1-3H3. The molecule has 3 aromatic rings. The molecule has 0 radical (unpaired) electrons. The lowest BCUT2D eigenvalue weighted by Gasteiger charge is -2.26. The number of rotatable bonds is 5. The van der Waals surface area contributed by atoms with Crippen LogP contribution in [-0.2, 0) is 16.4 Å². The number of sulfonamides is 1. The summed E-state index contributed by atoms with van der Waals surface area (Å²) in [4.78, 5) is 0.267. The molecule has 156 valence electrons. The van der Waals surface area contributed by atoms with Crippen molar-refractivity contribution >= 4 is 15.7 Å². The summed E-state index contributed by atoms with van der Waals surface area (Å²) in [5, 5.41) is 3.34. The highest BCUT2D eigenvalue weighted by Gasteiger charge is 2.21. The molecule has 0 amide bonds. The Morgan fingerprint density at radius 3 is 2.57 bits per heavy atom. The van der Waals surface area contributed by atoms with Gasteiger partial charge < -0.3 is 5.32 Å². The molecule has 1 aliphatic carbocycles. The zero-order valence-electron chi connectivity index (χ0n) is 17.7. The first-order valence-electron chi connectivity index (χ1n) is 10.4. The summed E-state index contributed by atoms with van der Waals surface area (Å²) in [6.45, 7) is 4.13. The van der Waals surface area contributed by atoms with E-state index in [1.165, 1.54) is 16.7 Å². The number of hydrogen-bond donors (Lipinski definition) is 2. The van der Waals surface area contributed by atoms with Gasteiger partial charge in [0.25, 0.3) is 10.0 Å². The summed E-state index contributed by atoms with van der Waals surface area (Å²) in [7, 11) is -1.73. The van der Waals surface area contributed by atoms with Crippen molar-refractivity contribution in [1.29, 1.82) is 0 Å². The van der Waals surface area contributed by atoms with E-state index in [0.717, 1.165) is 36.0 Å². The van der Waals surface area contributed by atoms with Crippen LogP contribution < -0.4 is 10.0 Å². The predicted molar refractivity (Wildman–Crippen MR) is 123 cm³/mol. The highest BCUT2D eigenvalue weighted by atomic mass is 32.2. The number of benzene rings is 3. The van der Waals surface area contributed by atoms with Gasteiger partial charge in [-0.05, 0) is 97.8 Å². The van der Waals surface area contributed by atoms with Crippen molar-refractivity contribution < 1.29 is 8.42 Å². The molecule has 1 aliphatic rings. The summed E-state index contributed by atoms with van der Waals surface area (Å²) in [6, 6.07) is 19.4. The molecule has 30 heavy (non-hydrogen) atoms. The molecule has 0 spiro atoms. The number of aryl methyl sites for hydroxylation is 2. The third-order valence-corrected chi connectivity index (χ3v) is 7.50. The Morgan fingerprint density at radius 2 is 1.77 bits per heavy atom. The highest BCUT2D eigenvalue weighted by Crippen LogP contribution is 2.33. The van der Waals surface area contributed by atoms with E-state index in [1.807, 2.05) is 43.4 Å². The van der Waals surface area contributed by atoms with Crippen LogP contribution in [0.25, 0.3) is 11.1 Å². The molecule has 0 aliphatic heterocycles. The third kappa shape index (κ3) is 4.00. The first kappa shape index (κ1) is 20.6. The van der Waals surface area contributed by atoms with Crippen molar-refractivity contribution in [3.8, 4) is 11.1 Å². The summed E-state index contributed by atoms with van der Waals surface area (Å²) >= 11 is 0. The van der Waals surface area contributed by atoms with Gasteiger partial charge in [0, 0.05) is 11.7 Å². The smallest absolute Gasteiger partial charge is 0.261 e. The van der Waals surface area contributed by atoms with E-state index in [1.54, 1.807) is 18.2 Å². The number of hydrogen-bond acceptors (Lipinski definition) is 3. The zero-order chi connectivity index (χ0) is 21.3. The molecule has 1 atom stereocenters. The molecule has 4 nitrogen and oxygen atoms in total. The summed E-state index contributed by atoms with van der Waals surface area (Å²) in [5.41, 5.74) is 7.39. The largest absolute Gasteiger partial charge is 0.313 e. The van der Waals surface area contributed by atoms with Crippen LogP contribution >= 0.6 is 0 Å². The van der Waals surface area contributed by atoms with Gasteiger partial charge in [-0.15, -0.1) is 0 Å². The van der Waals surface area contributed by atoms with Crippen molar-refractivity contribution in [1.82, 2.24) is 5.32 Å². The van der Waals surface area contributed by atoms with Crippen LogP contribution in [0.4, 0.5) is 5.69 Å². The van der Waals surface area contributed by atoms with Gasteiger partial charge in [0.05, 0.1) is 4.90 Å². The van der Waals surface area contributed by atoms with Crippen LogP contribution in [0.1, 0.15) is 41.1 Å². The fraction of sp³-hybridized carbons (Fsp3) is 0.280. The van der Waals surface area contributed by atoms with E-state index >= 15 is 0 Å². The second-order valence-corrected chi connectivity index (χ2v) is 9.71. The van der Waals surface area contributed by atoms with E-state index in [4.69, 9.17) is 0 Å². The van der Waals surface area contributed by atoms with Gasteiger partial charge in [-0.25, -0.2) is 8.42 Å². The molecular formula is C25H28N2O2S. The number of fused-ring (bicyclic) bond motifs is 1. The van der Waals surface area contributed by atoms with Crippen molar-refractivity contribution in [2.45, 2.75) is 44.0 Å². The van der Waals surface area contributed by atoms with Crippen LogP contribution in [0.5, 0.6) is 0 Å². The quantitative estimate of drug-likeness (QED) is 0.583. The first-order valence-corrected chi connectivity index (χ1v) is 11.9. The monoisotopic (exact) mass is 420 g/mol. The van der Waals surface area contributed by atoms with Crippen molar-refractivity contribution in [3.05, 3.63) is 82.9 Å². The molecule has 0 saturated heterocycles. The van der Waals surface area contributed by atoms with Gasteiger partial charge in [0.1, 0.15) is 0 Å². The lowest BCUT2D eigenvalue weighted by molar-refractivity contribution is 0.497. The molecule has 3 aromatic carbocycles. The first-order chi connectivity index (χ1) is 14.4. The summed E-state index contributed by atoms with van der Waals surface area (Å²) in [5.74, 6) is 0. The van der Waals surface area contributed by atoms with Gasteiger partial charge in [0.2, 0.25) is 0 Å². The third-order valence-electron chi connectivity index (χ3n) is 6.12. The van der Waals surface area contributed by atoms with Gasteiger partial charge >= 0.3 is 0 Å². The average molecular weight is 421 g/mol. The van der Waals surface area contributed by atoms with Gasteiger partial charge in [0.15, 0.2) is 0 Å². The molecule has 0 heterocycles. The number of nitrogens with one attached hydrogen (secondary N) is 2. The molecule has 0 aromatic heterocycles. The second kappa shape index (κ2) is 8.25. The van der Waals surface area contributed by atoms with Crippen molar-refractivity contribution in [3.63, 3.8) is 0 Å². The maximum Gasteiger partial charge on any atom is 0.261 e. The van der Waals surface area contributed by atoms with Crippen LogP contribution in [0, 0.1) is 13.8 Å². The van der Waals surface area contributed by atoms with E-state index in [-0.39, 0.29) is 10.9 Å². The molecule has 0 bridgehead atoms. The van der Waals surface area contributed by atoms with E-state index in [0.29, 0.717) is 5.69 Å². The van der Waals surface area contributed by atoms with E-state index in [9.17, 15) is 8.42 Å². The second-order valence-electron chi connectivity index (χ2n) is 8.03. The van der Waals surface area contributed by atoms with Crippen LogP contribution in [0.15, 0.2) is 65.6 Å². The number of anilines is 1. The van der Waals surface area contributed by atoms with E-state index in [2.05, 4.69) is 30.0 Å². The van der Waals surface area contributed by atoms with Crippen LogP contribution in [-0.4, -0.2) is 15.5 Å². The maximum atomic E-state index is 13.1. The highest BCUT2D eigenvalue weighted by molar-refractivity contribution is 7.92. The SMILES string of the molecule is CNC1CCCc2ccc(NS(=O)(=O)c3cccc(-c4cccc(C)c4C)c3)cc21. The van der Waals surface area contributed by atoms with Crippen molar-refractivity contribution in [2.75, 3.05) is 11.8 Å². The van der Waals surface area contributed by atoms with Gasteiger partial charge in [-0.1, -0.05) is 36.4 Å². The lowest BCUT2D eigenvalue weighted by atomic mass is 9.87. The minimum Gasteiger partial charge on any atom is -0.313 e. The molecule has 1 unspecified atom stereocenters.